The molecule has 2 aromatic carbocycles. The lowest BCUT2D eigenvalue weighted by Gasteiger charge is -2.28. The van der Waals surface area contributed by atoms with Gasteiger partial charge in [0, 0.05) is 18.2 Å². The van der Waals surface area contributed by atoms with Crippen LogP contribution in [0.2, 0.25) is 0 Å². The van der Waals surface area contributed by atoms with Crippen LogP contribution in [-0.2, 0) is 23.4 Å². The van der Waals surface area contributed by atoms with Crippen LogP contribution < -0.4 is 14.1 Å². The summed E-state index contributed by atoms with van der Waals surface area (Å²) >= 11 is 0. The lowest BCUT2D eigenvalue weighted by Crippen LogP contribution is -2.36. The van der Waals surface area contributed by atoms with E-state index in [1.165, 1.54) is 12.1 Å². The maximum absolute atomic E-state index is 12.1. The smallest absolute Gasteiger partial charge is 0.410 e. The van der Waals surface area contributed by atoms with Gasteiger partial charge in [0.15, 0.2) is 0 Å². The molecular weight excluding hydrogens is 320 g/mol. The summed E-state index contributed by atoms with van der Waals surface area (Å²) in [5, 5.41) is 4.81. The van der Waals surface area contributed by atoms with Crippen molar-refractivity contribution in [1.82, 2.24) is 4.90 Å². The van der Waals surface area contributed by atoms with Crippen LogP contribution in [-0.4, -0.2) is 19.4 Å². The Kier molecular flexibility index (Phi) is 3.93. The molecule has 3 rings (SSSR count). The molecule has 0 fully saturated rings. The summed E-state index contributed by atoms with van der Waals surface area (Å²) in [4.78, 5) is 13.6. The van der Waals surface area contributed by atoms with Gasteiger partial charge in [0.1, 0.15) is 11.5 Å². The van der Waals surface area contributed by atoms with Crippen molar-refractivity contribution in [1.29, 1.82) is 0 Å². The number of nitrogens with two attached hydrogens (primary N) is 1. The first-order valence-electron chi connectivity index (χ1n) is 6.76. The summed E-state index contributed by atoms with van der Waals surface area (Å²) in [6.45, 7) is 0.785. The van der Waals surface area contributed by atoms with Crippen LogP contribution in [0.25, 0.3) is 0 Å². The molecule has 120 valence electrons. The van der Waals surface area contributed by atoms with E-state index in [1.807, 2.05) is 30.3 Å². The van der Waals surface area contributed by atoms with Crippen LogP contribution >= 0.6 is 0 Å². The number of hydrogen-bond acceptors (Lipinski definition) is 5. The standard InChI is InChI=1S/C15H14N2O5S/c16-23(19,20)22-13-7-6-12-10-17(15(18)21-14(12)8-13)9-11-4-2-1-3-5-11/h1-8H,9-10H2,(H2,16,19,20). The van der Waals surface area contributed by atoms with Crippen LogP contribution in [0.3, 0.4) is 0 Å². The molecule has 0 unspecified atom stereocenters. The largest absolute Gasteiger partial charge is 0.415 e. The molecule has 0 spiro atoms. The van der Waals surface area contributed by atoms with Gasteiger partial charge in [-0.1, -0.05) is 30.3 Å². The molecule has 1 heterocycles. The van der Waals surface area contributed by atoms with Crippen molar-refractivity contribution in [3.63, 3.8) is 0 Å². The summed E-state index contributed by atoms with van der Waals surface area (Å²) in [5.41, 5.74) is 1.74. The van der Waals surface area contributed by atoms with Gasteiger partial charge in [0.25, 0.3) is 0 Å². The quantitative estimate of drug-likeness (QED) is 0.919. The highest BCUT2D eigenvalue weighted by molar-refractivity contribution is 7.84. The second kappa shape index (κ2) is 5.90. The molecular formula is C15H14N2O5S. The first-order valence-corrected chi connectivity index (χ1v) is 8.24. The van der Waals surface area contributed by atoms with E-state index in [0.717, 1.165) is 11.1 Å². The minimum Gasteiger partial charge on any atom is -0.410 e. The number of nitrogens with zero attached hydrogens (tertiary/aromatic N) is 1. The van der Waals surface area contributed by atoms with E-state index in [2.05, 4.69) is 4.18 Å². The van der Waals surface area contributed by atoms with Crippen LogP contribution in [0.4, 0.5) is 4.79 Å². The minimum absolute atomic E-state index is 0.00411. The van der Waals surface area contributed by atoms with Crippen molar-refractivity contribution in [3.8, 4) is 11.5 Å². The fraction of sp³-hybridized carbons (Fsp3) is 0.133. The van der Waals surface area contributed by atoms with Gasteiger partial charge in [0.05, 0.1) is 6.54 Å². The van der Waals surface area contributed by atoms with Crippen molar-refractivity contribution >= 4 is 16.4 Å². The summed E-state index contributed by atoms with van der Waals surface area (Å²) in [5.74, 6) is 0.260. The number of benzene rings is 2. The molecule has 2 aromatic rings. The summed E-state index contributed by atoms with van der Waals surface area (Å²) < 4.78 is 31.7. The van der Waals surface area contributed by atoms with Crippen molar-refractivity contribution in [2.24, 2.45) is 5.14 Å². The highest BCUT2D eigenvalue weighted by Gasteiger charge is 2.25. The highest BCUT2D eigenvalue weighted by Crippen LogP contribution is 2.31. The molecule has 0 aliphatic carbocycles. The second-order valence-corrected chi connectivity index (χ2v) is 6.21. The molecule has 1 amide bonds. The normalized spacial score (nSPS) is 14.1. The van der Waals surface area contributed by atoms with Crippen LogP contribution in [0.15, 0.2) is 48.5 Å². The predicted octanol–water partition coefficient (Wildman–Crippen LogP) is 1.78. The van der Waals surface area contributed by atoms with Crippen molar-refractivity contribution in [3.05, 3.63) is 59.7 Å². The minimum atomic E-state index is -4.12. The monoisotopic (exact) mass is 334 g/mol. The van der Waals surface area contributed by atoms with Crippen LogP contribution in [0, 0.1) is 0 Å². The van der Waals surface area contributed by atoms with Crippen molar-refractivity contribution in [2.45, 2.75) is 13.1 Å². The lowest BCUT2D eigenvalue weighted by atomic mass is 10.1. The van der Waals surface area contributed by atoms with E-state index >= 15 is 0 Å². The first-order chi connectivity index (χ1) is 10.9. The maximum Gasteiger partial charge on any atom is 0.415 e. The van der Waals surface area contributed by atoms with Gasteiger partial charge in [-0.25, -0.2) is 4.79 Å². The molecule has 23 heavy (non-hydrogen) atoms. The lowest BCUT2D eigenvalue weighted by molar-refractivity contribution is 0.135. The van der Waals surface area contributed by atoms with E-state index in [-0.39, 0.29) is 11.5 Å². The summed E-state index contributed by atoms with van der Waals surface area (Å²) in [6.07, 6.45) is -0.505. The Labute approximate surface area is 133 Å². The Morgan fingerprint density at radius 3 is 2.61 bits per heavy atom. The molecule has 0 atom stereocenters. The number of carbonyl (C=O) groups excluding carboxylic acids is 1. The van der Waals surface area contributed by atoms with Crippen LogP contribution in [0.1, 0.15) is 11.1 Å². The molecule has 0 aromatic heterocycles. The predicted molar refractivity (Wildman–Crippen MR) is 81.9 cm³/mol. The molecule has 0 saturated heterocycles. The van der Waals surface area contributed by atoms with Crippen molar-refractivity contribution < 1.29 is 22.1 Å². The Morgan fingerprint density at radius 2 is 1.91 bits per heavy atom. The van der Waals surface area contributed by atoms with E-state index in [4.69, 9.17) is 9.88 Å². The average Bonchev–Trinajstić information content (AvgIpc) is 2.48. The Bertz CT molecular complexity index is 836. The average molecular weight is 334 g/mol. The molecule has 7 nitrogen and oxygen atoms in total. The zero-order valence-electron chi connectivity index (χ0n) is 12.0. The third kappa shape index (κ3) is 3.79. The van der Waals surface area contributed by atoms with Gasteiger partial charge < -0.3 is 8.92 Å². The molecule has 8 heteroatoms. The SMILES string of the molecule is NS(=O)(=O)Oc1ccc2c(c1)OC(=O)N(Cc1ccccc1)C2. The fourth-order valence-electron chi connectivity index (χ4n) is 2.30. The number of hydrogen-bond donors (Lipinski definition) is 1. The Hall–Kier alpha value is -2.58. The zero-order chi connectivity index (χ0) is 16.4. The van der Waals surface area contributed by atoms with E-state index in [0.29, 0.717) is 13.1 Å². The van der Waals surface area contributed by atoms with Gasteiger partial charge in [-0.15, -0.1) is 0 Å². The molecule has 1 aliphatic rings. The van der Waals surface area contributed by atoms with Gasteiger partial charge >= 0.3 is 16.4 Å². The topological polar surface area (TPSA) is 98.9 Å². The van der Waals surface area contributed by atoms with Gasteiger partial charge in [-0.05, 0) is 17.7 Å². The number of carbonyl (C=O) groups is 1. The van der Waals surface area contributed by atoms with E-state index < -0.39 is 16.4 Å². The molecule has 2 N–H and O–H groups in total. The third-order valence-electron chi connectivity index (χ3n) is 3.28. The maximum atomic E-state index is 12.1. The summed E-state index contributed by atoms with van der Waals surface area (Å²) in [6, 6.07) is 14.0. The van der Waals surface area contributed by atoms with Gasteiger partial charge in [-0.3, -0.25) is 4.90 Å². The van der Waals surface area contributed by atoms with E-state index in [1.54, 1.807) is 11.0 Å². The van der Waals surface area contributed by atoms with Gasteiger partial charge in [-0.2, -0.15) is 13.6 Å². The molecule has 0 saturated carbocycles. The first kappa shape index (κ1) is 15.3. The fourth-order valence-corrected chi connectivity index (χ4v) is 2.67. The van der Waals surface area contributed by atoms with Crippen LogP contribution in [0.5, 0.6) is 11.5 Å². The molecule has 0 bridgehead atoms. The highest BCUT2D eigenvalue weighted by atomic mass is 32.2. The molecule has 1 aliphatic heterocycles. The number of ether oxygens (including phenoxy) is 1. The van der Waals surface area contributed by atoms with Crippen molar-refractivity contribution in [2.75, 3.05) is 0 Å². The summed E-state index contributed by atoms with van der Waals surface area (Å²) in [7, 11) is -4.12. The Balaban J connectivity index is 1.79. The van der Waals surface area contributed by atoms with Gasteiger partial charge in [0.2, 0.25) is 0 Å². The number of fused-ring (bicyclic) bond motifs is 1. The number of amides is 1. The van der Waals surface area contributed by atoms with E-state index in [9.17, 15) is 13.2 Å². The second-order valence-electron chi connectivity index (χ2n) is 5.06. The molecule has 0 radical (unpaired) electrons. The zero-order valence-corrected chi connectivity index (χ0v) is 12.8. The third-order valence-corrected chi connectivity index (χ3v) is 3.71. The Morgan fingerprint density at radius 1 is 1.17 bits per heavy atom. The number of rotatable bonds is 4.